The first-order chi connectivity index (χ1) is 31.3. The summed E-state index contributed by atoms with van der Waals surface area (Å²) < 4.78 is 34.1. The minimum atomic E-state index is -4.33. The highest BCUT2D eigenvalue weighted by Crippen LogP contribution is 2.55. The summed E-state index contributed by atoms with van der Waals surface area (Å²) in [6.45, 7) is 5.41. The second-order valence-corrected chi connectivity index (χ2v) is 19.6. The first-order valence-electron chi connectivity index (χ1n) is 22.0. The number of carbonyl (C=O) groups is 4. The molecule has 65 heavy (non-hydrogen) atoms. The maximum absolute atomic E-state index is 15.6. The van der Waals surface area contributed by atoms with Gasteiger partial charge in [0.05, 0.1) is 19.3 Å². The summed E-state index contributed by atoms with van der Waals surface area (Å²) in [5.74, 6) is -3.40. The van der Waals surface area contributed by atoms with Gasteiger partial charge in [0.1, 0.15) is 24.2 Å². The second kappa shape index (κ2) is 21.2. The average molecular weight is 898 g/mol. The molecule has 0 spiro atoms. The molecule has 12 nitrogen and oxygen atoms in total. The largest absolute Gasteiger partial charge is 0.508 e. The predicted molar refractivity (Wildman–Crippen MR) is 250 cm³/mol. The van der Waals surface area contributed by atoms with E-state index in [-0.39, 0.29) is 57.3 Å². The number of aliphatic hydroxyl groups excluding tert-OH is 1. The molecule has 1 heterocycles. The van der Waals surface area contributed by atoms with Gasteiger partial charge in [0.25, 0.3) is 11.8 Å². The van der Waals surface area contributed by atoms with E-state index in [4.69, 9.17) is 13.8 Å². The van der Waals surface area contributed by atoms with Crippen molar-refractivity contribution in [3.05, 3.63) is 179 Å². The van der Waals surface area contributed by atoms with Crippen molar-refractivity contribution in [2.45, 2.75) is 84.1 Å². The SMILES string of the molecule is CC(C)C[C@H](NC(CCN1C(=O)c2cccc3cccc(c23)C1=O)P(=O)(OCc1ccccc1)OCc1ccccc1)C(=O)N[C@@H](CC1(C)C=CC(O)=CC1)C(=O)OCc1ccccc1. The van der Waals surface area contributed by atoms with Crippen molar-refractivity contribution in [3.8, 4) is 0 Å². The molecule has 13 heteroatoms. The molecule has 2 unspecified atom stereocenters. The van der Waals surface area contributed by atoms with Crippen LogP contribution in [0.15, 0.2) is 151 Å². The number of rotatable bonds is 21. The smallest absolute Gasteiger partial charge is 0.348 e. The molecule has 4 atom stereocenters. The topological polar surface area (TPSA) is 161 Å². The predicted octanol–water partition coefficient (Wildman–Crippen LogP) is 9.81. The second-order valence-electron chi connectivity index (χ2n) is 17.4. The number of ether oxygens (including phenoxy) is 1. The van der Waals surface area contributed by atoms with Crippen molar-refractivity contribution in [1.82, 2.24) is 15.5 Å². The number of hydrogen-bond acceptors (Lipinski definition) is 10. The Morgan fingerprint density at radius 1 is 0.754 bits per heavy atom. The zero-order valence-corrected chi connectivity index (χ0v) is 37.8. The lowest BCUT2D eigenvalue weighted by Crippen LogP contribution is -2.54. The summed E-state index contributed by atoms with van der Waals surface area (Å²) in [5.41, 5.74) is 2.35. The summed E-state index contributed by atoms with van der Waals surface area (Å²) >= 11 is 0. The highest BCUT2D eigenvalue weighted by Gasteiger charge is 2.42. The number of amides is 3. The standard InChI is InChI=1S/C52H56N3O9P/c1-36(2)31-44(48(57)54-45(32-52(3)28-25-41(56)26-29-52)51(60)62-33-37-15-7-4-8-16-37)53-46(27-30-55-49(58)42-23-13-21-40-22-14-24-43(47(40)42)50(55)59)65(61,63-34-38-17-9-5-10-18-38)64-35-39-19-11-6-12-20-39/h4-26,28,36,44-46,53,56H,27,29-35H2,1-3H3,(H,54,57)/t44-,45-,46?,52?/m0/s1. The number of carbonyl (C=O) groups excluding carboxylic acids is 4. The van der Waals surface area contributed by atoms with Crippen molar-refractivity contribution >= 4 is 42.1 Å². The molecule has 1 aliphatic heterocycles. The van der Waals surface area contributed by atoms with Crippen LogP contribution in [0.25, 0.3) is 10.8 Å². The van der Waals surface area contributed by atoms with E-state index < -0.39 is 54.6 Å². The summed E-state index contributed by atoms with van der Waals surface area (Å²) in [6.07, 6.45) is 5.73. The Kier molecular flexibility index (Phi) is 15.3. The average Bonchev–Trinajstić information content (AvgIpc) is 3.32. The van der Waals surface area contributed by atoms with Crippen LogP contribution in [0.2, 0.25) is 0 Å². The Morgan fingerprint density at radius 2 is 1.29 bits per heavy atom. The van der Waals surface area contributed by atoms with Gasteiger partial charge in [-0.15, -0.1) is 0 Å². The van der Waals surface area contributed by atoms with E-state index in [0.717, 1.165) is 27.0 Å². The quantitative estimate of drug-likeness (QED) is 0.0368. The van der Waals surface area contributed by atoms with Crippen LogP contribution < -0.4 is 10.6 Å². The summed E-state index contributed by atoms with van der Waals surface area (Å²) in [6, 6.07) is 36.0. The molecule has 0 fully saturated rings. The number of hydrogen-bond donors (Lipinski definition) is 3. The van der Waals surface area contributed by atoms with E-state index >= 15 is 4.57 Å². The summed E-state index contributed by atoms with van der Waals surface area (Å²) in [4.78, 5) is 58.2. The Labute approximate surface area is 380 Å². The van der Waals surface area contributed by atoms with Gasteiger partial charge < -0.3 is 24.2 Å². The van der Waals surface area contributed by atoms with Gasteiger partial charge in [-0.05, 0) is 83.4 Å². The van der Waals surface area contributed by atoms with E-state index in [1.54, 1.807) is 36.4 Å². The molecule has 0 saturated heterocycles. The number of imide groups is 1. The molecule has 3 N–H and O–H groups in total. The zero-order valence-electron chi connectivity index (χ0n) is 36.9. The van der Waals surface area contributed by atoms with Crippen LogP contribution in [0.4, 0.5) is 0 Å². The number of esters is 1. The maximum Gasteiger partial charge on any atom is 0.348 e. The van der Waals surface area contributed by atoms with Gasteiger partial charge >= 0.3 is 13.6 Å². The van der Waals surface area contributed by atoms with Crippen molar-refractivity contribution < 1.29 is 42.6 Å². The molecule has 0 saturated carbocycles. The first kappa shape index (κ1) is 46.8. The van der Waals surface area contributed by atoms with Crippen LogP contribution in [0.1, 0.15) is 83.9 Å². The maximum atomic E-state index is 15.6. The molecule has 1 aliphatic carbocycles. The van der Waals surface area contributed by atoms with E-state index in [1.165, 1.54) is 0 Å². The Bertz CT molecular complexity index is 2490. The van der Waals surface area contributed by atoms with Crippen LogP contribution >= 0.6 is 7.60 Å². The molecular formula is C52H56N3O9P. The lowest BCUT2D eigenvalue weighted by Gasteiger charge is -2.35. The number of benzene rings is 5. The monoisotopic (exact) mass is 897 g/mol. The van der Waals surface area contributed by atoms with Gasteiger partial charge in [-0.1, -0.05) is 142 Å². The zero-order chi connectivity index (χ0) is 46.0. The molecule has 5 aromatic carbocycles. The lowest BCUT2D eigenvalue weighted by molar-refractivity contribution is -0.150. The van der Waals surface area contributed by atoms with Gasteiger partial charge in [-0.25, -0.2) is 4.79 Å². The molecule has 5 aromatic rings. The fourth-order valence-electron chi connectivity index (χ4n) is 8.19. The third kappa shape index (κ3) is 11.9. The molecule has 338 valence electrons. The minimum Gasteiger partial charge on any atom is -0.508 e. The third-order valence-electron chi connectivity index (χ3n) is 11.7. The summed E-state index contributed by atoms with van der Waals surface area (Å²) in [7, 11) is -4.33. The minimum absolute atomic E-state index is 0.0113. The van der Waals surface area contributed by atoms with Gasteiger partial charge in [0, 0.05) is 23.1 Å². The van der Waals surface area contributed by atoms with Crippen molar-refractivity contribution in [1.29, 1.82) is 0 Å². The normalized spacial score (nSPS) is 17.4. The van der Waals surface area contributed by atoms with Crippen molar-refractivity contribution in [3.63, 3.8) is 0 Å². The van der Waals surface area contributed by atoms with Gasteiger partial charge in [0.15, 0.2) is 0 Å². The first-order valence-corrected chi connectivity index (χ1v) is 23.6. The molecule has 7 rings (SSSR count). The van der Waals surface area contributed by atoms with Gasteiger partial charge in [-0.2, -0.15) is 0 Å². The Morgan fingerprint density at radius 3 is 1.80 bits per heavy atom. The number of aliphatic hydroxyl groups is 1. The van der Waals surface area contributed by atoms with Crippen LogP contribution in [0.3, 0.4) is 0 Å². The molecular weight excluding hydrogens is 842 g/mol. The van der Waals surface area contributed by atoms with E-state index in [0.29, 0.717) is 22.9 Å². The lowest BCUT2D eigenvalue weighted by atomic mass is 9.78. The molecule has 0 aromatic heterocycles. The summed E-state index contributed by atoms with van der Waals surface area (Å²) in [5, 5.41) is 17.8. The van der Waals surface area contributed by atoms with E-state index in [1.807, 2.05) is 130 Å². The highest BCUT2D eigenvalue weighted by molar-refractivity contribution is 7.54. The van der Waals surface area contributed by atoms with Gasteiger partial charge in [0.2, 0.25) is 5.91 Å². The Hall–Kier alpha value is -6.17. The van der Waals surface area contributed by atoms with E-state index in [2.05, 4.69) is 10.6 Å². The highest BCUT2D eigenvalue weighted by atomic mass is 31.2. The fraction of sp³-hybridized carbons (Fsp3) is 0.308. The molecule has 0 bridgehead atoms. The third-order valence-corrected chi connectivity index (χ3v) is 13.9. The van der Waals surface area contributed by atoms with Crippen molar-refractivity contribution in [2.75, 3.05) is 6.54 Å². The molecule has 3 amide bonds. The molecule has 0 radical (unpaired) electrons. The number of allylic oxidation sites excluding steroid dienone is 3. The van der Waals surface area contributed by atoms with Gasteiger partial charge in [-0.3, -0.25) is 29.2 Å². The van der Waals surface area contributed by atoms with Crippen LogP contribution in [-0.4, -0.2) is 58.1 Å². The van der Waals surface area contributed by atoms with Crippen molar-refractivity contribution in [2.24, 2.45) is 11.3 Å². The van der Waals surface area contributed by atoms with E-state index in [9.17, 15) is 24.3 Å². The van der Waals surface area contributed by atoms with Crippen LogP contribution in [0.5, 0.6) is 0 Å². The number of nitrogens with one attached hydrogen (secondary N) is 2. The van der Waals surface area contributed by atoms with Crippen LogP contribution in [-0.2, 0) is 47.8 Å². The Balaban J connectivity index is 1.21. The van der Waals surface area contributed by atoms with Crippen LogP contribution in [0, 0.1) is 11.3 Å². The number of nitrogens with zero attached hydrogens (tertiary/aromatic N) is 1. The molecule has 2 aliphatic rings. The fourth-order valence-corrected chi connectivity index (χ4v) is 10.1.